The molecule has 3 aliphatic rings. The molecule has 3 heteroatoms. The van der Waals surface area contributed by atoms with Crippen molar-refractivity contribution in [2.45, 2.75) is 44.0 Å². The molecule has 2 bridgehead atoms. The SMILES string of the molecule is OC1CC2CC(C1)CC1(C2)OCCO1. The smallest absolute Gasteiger partial charge is 0.169 e. The third kappa shape index (κ3) is 1.47. The summed E-state index contributed by atoms with van der Waals surface area (Å²) in [7, 11) is 0. The highest BCUT2D eigenvalue weighted by Gasteiger charge is 2.47. The van der Waals surface area contributed by atoms with Gasteiger partial charge in [0.05, 0.1) is 19.3 Å². The van der Waals surface area contributed by atoms with E-state index < -0.39 is 0 Å². The van der Waals surface area contributed by atoms with Crippen LogP contribution < -0.4 is 0 Å². The molecule has 0 radical (unpaired) electrons. The van der Waals surface area contributed by atoms with Crippen molar-refractivity contribution in [1.29, 1.82) is 0 Å². The summed E-state index contributed by atoms with van der Waals surface area (Å²) in [4.78, 5) is 0. The zero-order chi connectivity index (χ0) is 9.60. The molecule has 0 aromatic carbocycles. The maximum absolute atomic E-state index is 9.66. The van der Waals surface area contributed by atoms with E-state index in [-0.39, 0.29) is 11.9 Å². The summed E-state index contributed by atoms with van der Waals surface area (Å²) in [6.07, 6.45) is 5.10. The Morgan fingerprint density at radius 3 is 2.07 bits per heavy atom. The summed E-state index contributed by atoms with van der Waals surface area (Å²) in [6, 6.07) is 0. The molecule has 1 spiro atoms. The molecule has 1 heterocycles. The number of rotatable bonds is 0. The van der Waals surface area contributed by atoms with Crippen LogP contribution in [0.5, 0.6) is 0 Å². The number of aliphatic hydroxyl groups excluding tert-OH is 1. The van der Waals surface area contributed by atoms with E-state index in [0.717, 1.165) is 38.9 Å². The molecule has 3 fully saturated rings. The topological polar surface area (TPSA) is 38.7 Å². The lowest BCUT2D eigenvalue weighted by Gasteiger charge is -2.45. The third-order valence-corrected chi connectivity index (χ3v) is 3.89. The Bertz CT molecular complexity index is 203. The first-order valence-electron chi connectivity index (χ1n) is 5.72. The van der Waals surface area contributed by atoms with Gasteiger partial charge in [-0.15, -0.1) is 0 Å². The van der Waals surface area contributed by atoms with Crippen molar-refractivity contribution < 1.29 is 14.6 Å². The van der Waals surface area contributed by atoms with Crippen LogP contribution in [0.15, 0.2) is 0 Å². The average molecular weight is 198 g/mol. The van der Waals surface area contributed by atoms with Crippen LogP contribution in [-0.2, 0) is 9.47 Å². The molecular formula is C11H18O3. The van der Waals surface area contributed by atoms with E-state index in [1.165, 1.54) is 6.42 Å². The largest absolute Gasteiger partial charge is 0.393 e. The second-order valence-corrected chi connectivity index (χ2v) is 5.11. The van der Waals surface area contributed by atoms with E-state index >= 15 is 0 Å². The molecule has 0 amide bonds. The number of hydrogen-bond donors (Lipinski definition) is 1. The maximum atomic E-state index is 9.66. The Kier molecular flexibility index (Phi) is 2.08. The lowest BCUT2D eigenvalue weighted by Crippen LogP contribution is -2.44. The van der Waals surface area contributed by atoms with Crippen molar-refractivity contribution in [3.05, 3.63) is 0 Å². The van der Waals surface area contributed by atoms with Crippen molar-refractivity contribution in [2.75, 3.05) is 13.2 Å². The third-order valence-electron chi connectivity index (χ3n) is 3.89. The van der Waals surface area contributed by atoms with Crippen LogP contribution >= 0.6 is 0 Å². The minimum absolute atomic E-state index is 0.0718. The van der Waals surface area contributed by atoms with E-state index in [4.69, 9.17) is 9.47 Å². The quantitative estimate of drug-likeness (QED) is 0.637. The van der Waals surface area contributed by atoms with Crippen LogP contribution in [0.3, 0.4) is 0 Å². The van der Waals surface area contributed by atoms with Crippen LogP contribution in [0.1, 0.15) is 32.1 Å². The van der Waals surface area contributed by atoms with Crippen LogP contribution in [0.4, 0.5) is 0 Å². The van der Waals surface area contributed by atoms with Gasteiger partial charge < -0.3 is 14.6 Å². The van der Waals surface area contributed by atoms with E-state index in [9.17, 15) is 5.11 Å². The van der Waals surface area contributed by atoms with Crippen molar-refractivity contribution in [3.63, 3.8) is 0 Å². The Balaban J connectivity index is 1.75. The zero-order valence-corrected chi connectivity index (χ0v) is 8.45. The van der Waals surface area contributed by atoms with Crippen molar-refractivity contribution in [3.8, 4) is 0 Å². The summed E-state index contributed by atoms with van der Waals surface area (Å²) in [5, 5.41) is 9.66. The van der Waals surface area contributed by atoms with Gasteiger partial charge in [-0.1, -0.05) is 0 Å². The summed E-state index contributed by atoms with van der Waals surface area (Å²) in [5.41, 5.74) is 0. The first-order valence-corrected chi connectivity index (χ1v) is 5.72. The number of ether oxygens (including phenoxy) is 2. The summed E-state index contributed by atoms with van der Waals surface area (Å²) in [5.74, 6) is 0.986. The highest BCUT2D eigenvalue weighted by atomic mass is 16.7. The molecule has 3 nitrogen and oxygen atoms in total. The van der Waals surface area contributed by atoms with Gasteiger partial charge in [-0.2, -0.15) is 0 Å². The van der Waals surface area contributed by atoms with E-state index in [1.807, 2.05) is 0 Å². The van der Waals surface area contributed by atoms with Crippen LogP contribution in [0, 0.1) is 11.8 Å². The molecule has 0 aromatic heterocycles. The van der Waals surface area contributed by atoms with Crippen molar-refractivity contribution in [2.24, 2.45) is 11.8 Å². The Morgan fingerprint density at radius 1 is 0.929 bits per heavy atom. The fourth-order valence-electron chi connectivity index (χ4n) is 3.56. The van der Waals surface area contributed by atoms with Gasteiger partial charge in [0.25, 0.3) is 0 Å². The molecule has 80 valence electrons. The molecule has 2 aliphatic carbocycles. The molecular weight excluding hydrogens is 180 g/mol. The summed E-state index contributed by atoms with van der Waals surface area (Å²) in [6.45, 7) is 1.50. The second-order valence-electron chi connectivity index (χ2n) is 5.11. The maximum Gasteiger partial charge on any atom is 0.169 e. The molecule has 1 N–H and O–H groups in total. The summed E-state index contributed by atoms with van der Waals surface area (Å²) < 4.78 is 11.5. The normalized spacial score (nSPS) is 45.6. The highest BCUT2D eigenvalue weighted by molar-refractivity contribution is 4.92. The lowest BCUT2D eigenvalue weighted by molar-refractivity contribution is -0.209. The second kappa shape index (κ2) is 3.19. The molecule has 0 aromatic rings. The van der Waals surface area contributed by atoms with Gasteiger partial charge in [0.15, 0.2) is 5.79 Å². The molecule has 14 heavy (non-hydrogen) atoms. The minimum atomic E-state index is -0.256. The minimum Gasteiger partial charge on any atom is -0.393 e. The predicted octanol–water partition coefficient (Wildman–Crippen LogP) is 1.30. The molecule has 3 rings (SSSR count). The highest BCUT2D eigenvalue weighted by Crippen LogP contribution is 2.47. The monoisotopic (exact) mass is 198 g/mol. The zero-order valence-electron chi connectivity index (χ0n) is 8.45. The first-order chi connectivity index (χ1) is 6.76. The number of fused-ring (bicyclic) bond motifs is 2. The molecule has 1 aliphatic heterocycles. The Morgan fingerprint density at radius 2 is 1.50 bits per heavy atom. The standard InChI is InChI=1S/C11H18O3/c12-10-4-8-3-9(5-10)7-11(6-8)13-1-2-14-11/h8-10,12H,1-7H2. The van der Waals surface area contributed by atoms with Crippen LogP contribution in [0.2, 0.25) is 0 Å². The molecule has 2 unspecified atom stereocenters. The van der Waals surface area contributed by atoms with Crippen molar-refractivity contribution in [1.82, 2.24) is 0 Å². The molecule has 1 saturated heterocycles. The van der Waals surface area contributed by atoms with Gasteiger partial charge in [-0.25, -0.2) is 0 Å². The van der Waals surface area contributed by atoms with Gasteiger partial charge in [0.1, 0.15) is 0 Å². The lowest BCUT2D eigenvalue weighted by atomic mass is 9.69. The van der Waals surface area contributed by atoms with Gasteiger partial charge in [0, 0.05) is 12.8 Å². The van der Waals surface area contributed by atoms with Crippen LogP contribution in [0.25, 0.3) is 0 Å². The fourth-order valence-corrected chi connectivity index (χ4v) is 3.56. The first kappa shape index (κ1) is 9.13. The Labute approximate surface area is 84.4 Å². The molecule has 2 atom stereocenters. The fraction of sp³-hybridized carbons (Fsp3) is 1.00. The van der Waals surface area contributed by atoms with Crippen molar-refractivity contribution >= 4 is 0 Å². The van der Waals surface area contributed by atoms with Gasteiger partial charge in [0.2, 0.25) is 0 Å². The average Bonchev–Trinajstić information content (AvgIpc) is 2.50. The summed E-state index contributed by atoms with van der Waals surface area (Å²) >= 11 is 0. The number of hydrogen-bond acceptors (Lipinski definition) is 3. The van der Waals surface area contributed by atoms with Gasteiger partial charge >= 0.3 is 0 Å². The van der Waals surface area contributed by atoms with Gasteiger partial charge in [-0.3, -0.25) is 0 Å². The molecule has 2 saturated carbocycles. The van der Waals surface area contributed by atoms with E-state index in [0.29, 0.717) is 11.8 Å². The Hall–Kier alpha value is -0.120. The van der Waals surface area contributed by atoms with E-state index in [2.05, 4.69) is 0 Å². The predicted molar refractivity (Wildman–Crippen MR) is 50.7 cm³/mol. The van der Waals surface area contributed by atoms with Gasteiger partial charge in [-0.05, 0) is 31.1 Å². The van der Waals surface area contributed by atoms with E-state index in [1.54, 1.807) is 0 Å². The number of aliphatic hydroxyl groups is 1. The van der Waals surface area contributed by atoms with Crippen LogP contribution in [-0.4, -0.2) is 30.2 Å².